The summed E-state index contributed by atoms with van der Waals surface area (Å²) < 4.78 is 13.5. The van der Waals surface area contributed by atoms with Gasteiger partial charge in [-0.25, -0.2) is 4.39 Å². The van der Waals surface area contributed by atoms with Crippen molar-refractivity contribution in [1.29, 1.82) is 0 Å². The van der Waals surface area contributed by atoms with E-state index in [1.807, 2.05) is 47.4 Å². The van der Waals surface area contributed by atoms with Crippen LogP contribution < -0.4 is 0 Å². The summed E-state index contributed by atoms with van der Waals surface area (Å²) in [5.41, 5.74) is 2.77. The number of carbonyl (C=O) groups is 1. The fraction of sp³-hybridized carbons (Fsp3) is 0.125. The second kappa shape index (κ2) is 6.88. The highest BCUT2D eigenvalue weighted by Crippen LogP contribution is 2.38. The maximum absolute atomic E-state index is 13.5. The van der Waals surface area contributed by atoms with Crippen LogP contribution in [0.4, 0.5) is 4.39 Å². The van der Waals surface area contributed by atoms with Crippen LogP contribution in [0.3, 0.4) is 0 Å². The average molecular weight is 387 g/mol. The molecule has 4 heteroatoms. The lowest BCUT2D eigenvalue weighted by Gasteiger charge is -2.36. The lowest BCUT2D eigenvalue weighted by molar-refractivity contribution is 0.0696. The summed E-state index contributed by atoms with van der Waals surface area (Å²) >= 11 is 1.73. The number of benzene rings is 3. The maximum atomic E-state index is 13.5. The summed E-state index contributed by atoms with van der Waals surface area (Å²) in [4.78, 5) is 16.7. The molecule has 2 heterocycles. The van der Waals surface area contributed by atoms with Crippen molar-refractivity contribution in [1.82, 2.24) is 4.90 Å². The number of carbonyl (C=O) groups excluding carboxylic acids is 1. The van der Waals surface area contributed by atoms with Crippen LogP contribution in [-0.2, 0) is 6.42 Å². The van der Waals surface area contributed by atoms with Crippen LogP contribution in [0.5, 0.6) is 0 Å². The molecule has 1 aliphatic rings. The molecule has 0 bridgehead atoms. The maximum Gasteiger partial charge on any atom is 0.254 e. The van der Waals surface area contributed by atoms with Gasteiger partial charge in [0.1, 0.15) is 5.82 Å². The van der Waals surface area contributed by atoms with Crippen molar-refractivity contribution in [2.75, 3.05) is 6.54 Å². The van der Waals surface area contributed by atoms with Crippen LogP contribution in [0.15, 0.2) is 78.2 Å². The van der Waals surface area contributed by atoms with Gasteiger partial charge in [-0.15, -0.1) is 11.3 Å². The number of fused-ring (bicyclic) bond motifs is 2. The Hall–Kier alpha value is -2.98. The first-order valence-corrected chi connectivity index (χ1v) is 10.2. The highest BCUT2D eigenvalue weighted by atomic mass is 32.1. The van der Waals surface area contributed by atoms with Crippen LogP contribution in [0.1, 0.15) is 32.4 Å². The van der Waals surface area contributed by atoms with Gasteiger partial charge in [-0.05, 0) is 64.0 Å². The van der Waals surface area contributed by atoms with Gasteiger partial charge in [-0.3, -0.25) is 4.79 Å². The first-order valence-electron chi connectivity index (χ1n) is 9.32. The topological polar surface area (TPSA) is 20.3 Å². The normalized spacial score (nSPS) is 16.2. The number of nitrogens with zero attached hydrogens (tertiary/aromatic N) is 1. The summed E-state index contributed by atoms with van der Waals surface area (Å²) in [5.74, 6) is -0.255. The molecule has 0 unspecified atom stereocenters. The summed E-state index contributed by atoms with van der Waals surface area (Å²) in [6, 6.07) is 22.3. The summed E-state index contributed by atoms with van der Waals surface area (Å²) in [5, 5.41) is 4.25. The standard InChI is InChI=1S/C24H18FNOS/c25-20-9-7-17(8-10-20)23-21-12-14-28-22(21)11-13-26(23)24(27)19-6-5-16-3-1-2-4-18(16)15-19/h1-10,12,14-15,23H,11,13H2/t23-/m1/s1. The van der Waals surface area contributed by atoms with Crippen molar-refractivity contribution in [3.63, 3.8) is 0 Å². The lowest BCUT2D eigenvalue weighted by Crippen LogP contribution is -2.40. The van der Waals surface area contributed by atoms with E-state index in [0.717, 1.165) is 28.3 Å². The van der Waals surface area contributed by atoms with Crippen molar-refractivity contribution >= 4 is 28.0 Å². The molecule has 0 fully saturated rings. The molecular formula is C24H18FNOS. The molecule has 1 aromatic heterocycles. The highest BCUT2D eigenvalue weighted by Gasteiger charge is 2.33. The van der Waals surface area contributed by atoms with Crippen LogP contribution in [0.2, 0.25) is 0 Å². The third-order valence-corrected chi connectivity index (χ3v) is 6.41. The van der Waals surface area contributed by atoms with E-state index in [9.17, 15) is 9.18 Å². The van der Waals surface area contributed by atoms with Crippen molar-refractivity contribution in [2.24, 2.45) is 0 Å². The molecule has 138 valence electrons. The second-order valence-electron chi connectivity index (χ2n) is 7.06. The van der Waals surface area contributed by atoms with E-state index in [1.54, 1.807) is 23.5 Å². The van der Waals surface area contributed by atoms with Gasteiger partial charge in [0, 0.05) is 17.0 Å². The van der Waals surface area contributed by atoms with Gasteiger partial charge in [0.2, 0.25) is 0 Å². The van der Waals surface area contributed by atoms with E-state index in [-0.39, 0.29) is 17.8 Å². The summed E-state index contributed by atoms with van der Waals surface area (Å²) in [6.45, 7) is 0.654. The zero-order chi connectivity index (χ0) is 19.1. The molecule has 2 nitrogen and oxygen atoms in total. The van der Waals surface area contributed by atoms with Crippen LogP contribution in [0.25, 0.3) is 10.8 Å². The van der Waals surface area contributed by atoms with E-state index in [1.165, 1.54) is 17.0 Å². The van der Waals surface area contributed by atoms with E-state index in [2.05, 4.69) is 11.4 Å². The summed E-state index contributed by atoms with van der Waals surface area (Å²) in [7, 11) is 0. The Kier molecular flexibility index (Phi) is 4.21. The van der Waals surface area contributed by atoms with Gasteiger partial charge < -0.3 is 4.90 Å². The molecule has 4 aromatic rings. The number of halogens is 1. The minimum absolute atomic E-state index is 0.0110. The molecule has 0 N–H and O–H groups in total. The van der Waals surface area contributed by atoms with Crippen molar-refractivity contribution in [3.05, 3.63) is 106 Å². The predicted molar refractivity (Wildman–Crippen MR) is 111 cm³/mol. The third kappa shape index (κ3) is 2.90. The van der Waals surface area contributed by atoms with Gasteiger partial charge >= 0.3 is 0 Å². The average Bonchev–Trinajstić information content (AvgIpc) is 3.22. The SMILES string of the molecule is O=C(c1ccc2ccccc2c1)N1CCc2sccc2[C@H]1c1ccc(F)cc1. The van der Waals surface area contributed by atoms with Crippen molar-refractivity contribution in [2.45, 2.75) is 12.5 Å². The lowest BCUT2D eigenvalue weighted by atomic mass is 9.92. The van der Waals surface area contributed by atoms with Crippen molar-refractivity contribution in [3.8, 4) is 0 Å². The van der Waals surface area contributed by atoms with Gasteiger partial charge in [0.15, 0.2) is 0 Å². The Morgan fingerprint density at radius 1 is 0.964 bits per heavy atom. The predicted octanol–water partition coefficient (Wildman–Crippen LogP) is 5.83. The molecule has 28 heavy (non-hydrogen) atoms. The molecule has 0 aliphatic carbocycles. The fourth-order valence-corrected chi connectivity index (χ4v) is 4.93. The van der Waals surface area contributed by atoms with Gasteiger partial charge in [-0.1, -0.05) is 42.5 Å². The quantitative estimate of drug-likeness (QED) is 0.424. The van der Waals surface area contributed by atoms with Crippen LogP contribution in [-0.4, -0.2) is 17.4 Å². The largest absolute Gasteiger partial charge is 0.327 e. The first-order chi connectivity index (χ1) is 13.7. The van der Waals surface area contributed by atoms with Gasteiger partial charge in [0.25, 0.3) is 5.91 Å². The number of thiophene rings is 1. The van der Waals surface area contributed by atoms with Crippen LogP contribution in [0, 0.1) is 5.82 Å². The second-order valence-corrected chi connectivity index (χ2v) is 8.06. The number of hydrogen-bond acceptors (Lipinski definition) is 2. The monoisotopic (exact) mass is 387 g/mol. The van der Waals surface area contributed by atoms with E-state index >= 15 is 0 Å². The minimum atomic E-state index is -0.266. The number of hydrogen-bond donors (Lipinski definition) is 0. The number of amides is 1. The molecule has 1 amide bonds. The zero-order valence-corrected chi connectivity index (χ0v) is 16.0. The molecular weight excluding hydrogens is 369 g/mol. The Morgan fingerprint density at radius 2 is 1.75 bits per heavy atom. The van der Waals surface area contributed by atoms with Crippen molar-refractivity contribution < 1.29 is 9.18 Å². The highest BCUT2D eigenvalue weighted by molar-refractivity contribution is 7.10. The Labute approximate surface area is 166 Å². The van der Waals surface area contributed by atoms with Gasteiger partial charge in [-0.2, -0.15) is 0 Å². The number of rotatable bonds is 2. The summed E-state index contributed by atoms with van der Waals surface area (Å²) in [6.07, 6.45) is 0.851. The van der Waals surface area contributed by atoms with E-state index in [4.69, 9.17) is 0 Å². The molecule has 5 rings (SSSR count). The molecule has 3 aromatic carbocycles. The first kappa shape index (κ1) is 17.1. The smallest absolute Gasteiger partial charge is 0.254 e. The van der Waals surface area contributed by atoms with E-state index in [0.29, 0.717) is 12.1 Å². The molecule has 1 atom stereocenters. The third-order valence-electron chi connectivity index (χ3n) is 5.41. The molecule has 1 aliphatic heterocycles. The molecule has 0 saturated heterocycles. The van der Waals surface area contributed by atoms with Gasteiger partial charge in [0.05, 0.1) is 6.04 Å². The Balaban J connectivity index is 1.58. The Morgan fingerprint density at radius 3 is 2.57 bits per heavy atom. The molecule has 0 radical (unpaired) electrons. The van der Waals surface area contributed by atoms with E-state index < -0.39 is 0 Å². The minimum Gasteiger partial charge on any atom is -0.327 e. The molecule has 0 spiro atoms. The zero-order valence-electron chi connectivity index (χ0n) is 15.1. The fourth-order valence-electron chi connectivity index (χ4n) is 4.03. The molecule has 0 saturated carbocycles. The Bertz CT molecular complexity index is 1160. The van der Waals surface area contributed by atoms with Crippen LogP contribution >= 0.6 is 11.3 Å².